The van der Waals surface area contributed by atoms with Gasteiger partial charge in [-0.3, -0.25) is 10.1 Å². The summed E-state index contributed by atoms with van der Waals surface area (Å²) in [7, 11) is 4.05. The van der Waals surface area contributed by atoms with Gasteiger partial charge in [0, 0.05) is 41.9 Å². The molecular weight excluding hydrogens is 380 g/mol. The number of ether oxygens (including phenoxy) is 1. The first-order valence-electron chi connectivity index (χ1n) is 9.84. The topological polar surface area (TPSA) is 96.3 Å². The van der Waals surface area contributed by atoms with E-state index in [1.165, 1.54) is 0 Å². The van der Waals surface area contributed by atoms with Gasteiger partial charge in [0.1, 0.15) is 0 Å². The molecule has 156 valence electrons. The van der Waals surface area contributed by atoms with Crippen molar-refractivity contribution in [2.75, 3.05) is 19.4 Å². The lowest BCUT2D eigenvalue weighted by Gasteiger charge is -2.14. The van der Waals surface area contributed by atoms with E-state index >= 15 is 0 Å². The maximum atomic E-state index is 6.12. The molecule has 0 bridgehead atoms. The first kappa shape index (κ1) is 19.8. The number of rotatable bonds is 7. The SMILES string of the molecule is Cc1c(Nc2nc3c(OC(C)C)c(-c4cn[nH]c4)ccn3n2)ccnc1CN(C)C. The van der Waals surface area contributed by atoms with Crippen LogP contribution in [-0.2, 0) is 6.54 Å². The van der Waals surface area contributed by atoms with E-state index in [1.807, 2.05) is 59.4 Å². The average molecular weight is 406 g/mol. The minimum Gasteiger partial charge on any atom is -0.486 e. The van der Waals surface area contributed by atoms with Crippen LogP contribution in [0.15, 0.2) is 36.9 Å². The van der Waals surface area contributed by atoms with E-state index in [0.717, 1.165) is 34.6 Å². The first-order valence-corrected chi connectivity index (χ1v) is 9.84. The molecule has 4 heterocycles. The fourth-order valence-electron chi connectivity index (χ4n) is 3.25. The third-order valence-corrected chi connectivity index (χ3v) is 4.65. The Bertz CT molecular complexity index is 1150. The molecule has 0 saturated heterocycles. The van der Waals surface area contributed by atoms with Crippen molar-refractivity contribution in [3.63, 3.8) is 0 Å². The maximum Gasteiger partial charge on any atom is 0.247 e. The normalized spacial score (nSPS) is 11.6. The quantitative estimate of drug-likeness (QED) is 0.485. The summed E-state index contributed by atoms with van der Waals surface area (Å²) in [6.07, 6.45) is 7.27. The summed E-state index contributed by atoms with van der Waals surface area (Å²) < 4.78 is 7.85. The Kier molecular flexibility index (Phi) is 5.37. The van der Waals surface area contributed by atoms with Gasteiger partial charge < -0.3 is 15.0 Å². The molecule has 0 aliphatic carbocycles. The molecule has 0 aliphatic heterocycles. The number of nitrogens with one attached hydrogen (secondary N) is 2. The van der Waals surface area contributed by atoms with Crippen LogP contribution >= 0.6 is 0 Å². The van der Waals surface area contributed by atoms with Crippen LogP contribution in [0.25, 0.3) is 16.8 Å². The van der Waals surface area contributed by atoms with Crippen LogP contribution in [-0.4, -0.2) is 54.9 Å². The Morgan fingerprint density at radius 1 is 1.27 bits per heavy atom. The number of hydrogen-bond donors (Lipinski definition) is 2. The van der Waals surface area contributed by atoms with E-state index in [-0.39, 0.29) is 6.10 Å². The van der Waals surface area contributed by atoms with Gasteiger partial charge in [-0.15, -0.1) is 5.10 Å². The minimum absolute atomic E-state index is 0.00834. The number of nitrogens with zero attached hydrogens (tertiary/aromatic N) is 6. The van der Waals surface area contributed by atoms with Crippen LogP contribution in [0.3, 0.4) is 0 Å². The second-order valence-electron chi connectivity index (χ2n) is 7.71. The highest BCUT2D eigenvalue weighted by Crippen LogP contribution is 2.34. The van der Waals surface area contributed by atoms with Gasteiger partial charge in [-0.05, 0) is 52.6 Å². The molecule has 0 unspecified atom stereocenters. The third kappa shape index (κ3) is 3.97. The molecule has 0 fully saturated rings. The molecule has 4 rings (SSSR count). The van der Waals surface area contributed by atoms with Crippen LogP contribution in [0.1, 0.15) is 25.1 Å². The molecule has 0 aromatic carbocycles. The lowest BCUT2D eigenvalue weighted by atomic mass is 10.1. The van der Waals surface area contributed by atoms with Crippen molar-refractivity contribution >= 4 is 17.3 Å². The Morgan fingerprint density at radius 2 is 2.10 bits per heavy atom. The van der Waals surface area contributed by atoms with Crippen molar-refractivity contribution in [1.29, 1.82) is 0 Å². The van der Waals surface area contributed by atoms with Crippen molar-refractivity contribution < 1.29 is 4.74 Å². The van der Waals surface area contributed by atoms with E-state index < -0.39 is 0 Å². The number of anilines is 2. The summed E-state index contributed by atoms with van der Waals surface area (Å²) in [6.45, 7) is 6.80. The Morgan fingerprint density at radius 3 is 2.80 bits per heavy atom. The molecule has 9 nitrogen and oxygen atoms in total. The molecule has 0 radical (unpaired) electrons. The lowest BCUT2D eigenvalue weighted by Crippen LogP contribution is -2.13. The molecule has 4 aromatic rings. The second kappa shape index (κ2) is 8.11. The van der Waals surface area contributed by atoms with Crippen molar-refractivity contribution in [3.8, 4) is 16.9 Å². The zero-order valence-corrected chi connectivity index (χ0v) is 17.8. The van der Waals surface area contributed by atoms with E-state index in [4.69, 9.17) is 9.72 Å². The largest absolute Gasteiger partial charge is 0.486 e. The van der Waals surface area contributed by atoms with Gasteiger partial charge in [-0.2, -0.15) is 10.1 Å². The van der Waals surface area contributed by atoms with E-state index in [0.29, 0.717) is 17.3 Å². The van der Waals surface area contributed by atoms with Gasteiger partial charge in [-0.1, -0.05) is 0 Å². The first-order chi connectivity index (χ1) is 14.4. The molecule has 0 atom stereocenters. The molecule has 0 aliphatic rings. The van der Waals surface area contributed by atoms with Crippen LogP contribution < -0.4 is 10.1 Å². The van der Waals surface area contributed by atoms with Gasteiger partial charge >= 0.3 is 0 Å². The highest BCUT2D eigenvalue weighted by molar-refractivity contribution is 5.77. The van der Waals surface area contributed by atoms with E-state index in [1.54, 1.807) is 16.9 Å². The van der Waals surface area contributed by atoms with Crippen molar-refractivity contribution in [2.24, 2.45) is 0 Å². The van der Waals surface area contributed by atoms with E-state index in [2.05, 4.69) is 30.5 Å². The van der Waals surface area contributed by atoms with Gasteiger partial charge in [0.05, 0.1) is 18.0 Å². The minimum atomic E-state index is -0.00834. The maximum absolute atomic E-state index is 6.12. The van der Waals surface area contributed by atoms with Gasteiger partial charge in [0.15, 0.2) is 11.4 Å². The zero-order valence-electron chi connectivity index (χ0n) is 17.8. The standard InChI is InChI=1S/C21H26N8O/c1-13(2)30-19-16(15-10-23-24-11-15)7-9-29-20(19)26-21(27-29)25-17-6-8-22-18(14(17)3)12-28(4)5/h6-11,13H,12H2,1-5H3,(H,23,24)(H,22,25,27). The molecule has 0 spiro atoms. The monoisotopic (exact) mass is 406 g/mol. The lowest BCUT2D eigenvalue weighted by molar-refractivity contribution is 0.245. The summed E-state index contributed by atoms with van der Waals surface area (Å²) in [5.74, 6) is 1.17. The molecule has 0 saturated carbocycles. The molecule has 9 heteroatoms. The number of pyridine rings is 2. The summed E-state index contributed by atoms with van der Waals surface area (Å²) in [4.78, 5) is 11.3. The number of hydrogen-bond acceptors (Lipinski definition) is 7. The Balaban J connectivity index is 1.74. The second-order valence-corrected chi connectivity index (χ2v) is 7.71. The highest BCUT2D eigenvalue weighted by Gasteiger charge is 2.18. The molecule has 4 aromatic heterocycles. The summed E-state index contributed by atoms with van der Waals surface area (Å²) in [6, 6.07) is 3.89. The fraction of sp³-hybridized carbons (Fsp3) is 0.333. The summed E-state index contributed by atoms with van der Waals surface area (Å²) in [5.41, 5.74) is 5.51. The van der Waals surface area contributed by atoms with Gasteiger partial charge in [-0.25, -0.2) is 4.52 Å². The number of H-pyrrole nitrogens is 1. The molecular formula is C21H26N8O. The molecule has 0 amide bonds. The van der Waals surface area contributed by atoms with Crippen molar-refractivity contribution in [1.82, 2.24) is 34.7 Å². The summed E-state index contributed by atoms with van der Waals surface area (Å²) in [5, 5.41) is 14.8. The third-order valence-electron chi connectivity index (χ3n) is 4.65. The van der Waals surface area contributed by atoms with Crippen molar-refractivity contribution in [3.05, 3.63) is 48.2 Å². The number of fused-ring (bicyclic) bond motifs is 1. The van der Waals surface area contributed by atoms with Crippen LogP contribution in [0.2, 0.25) is 0 Å². The van der Waals surface area contributed by atoms with E-state index in [9.17, 15) is 0 Å². The van der Waals surface area contributed by atoms with Crippen molar-refractivity contribution in [2.45, 2.75) is 33.4 Å². The van der Waals surface area contributed by atoms with Gasteiger partial charge in [0.2, 0.25) is 5.95 Å². The predicted octanol–water partition coefficient (Wildman–Crippen LogP) is 3.42. The zero-order chi connectivity index (χ0) is 21.3. The number of aromatic nitrogens is 6. The Hall–Kier alpha value is -3.46. The fourth-order valence-corrected chi connectivity index (χ4v) is 3.25. The molecule has 2 N–H and O–H groups in total. The Labute approximate surface area is 175 Å². The number of aromatic amines is 1. The van der Waals surface area contributed by atoms with Crippen LogP contribution in [0.5, 0.6) is 5.75 Å². The highest BCUT2D eigenvalue weighted by atomic mass is 16.5. The smallest absolute Gasteiger partial charge is 0.247 e. The van der Waals surface area contributed by atoms with Crippen LogP contribution in [0.4, 0.5) is 11.6 Å². The van der Waals surface area contributed by atoms with Gasteiger partial charge in [0.25, 0.3) is 0 Å². The average Bonchev–Trinajstić information content (AvgIpc) is 3.34. The predicted molar refractivity (Wildman–Crippen MR) is 116 cm³/mol. The van der Waals surface area contributed by atoms with Crippen LogP contribution in [0, 0.1) is 6.92 Å². The molecule has 30 heavy (non-hydrogen) atoms. The summed E-state index contributed by atoms with van der Waals surface area (Å²) >= 11 is 0.